The Morgan fingerprint density at radius 1 is 0.706 bits per heavy atom. The van der Waals surface area contributed by atoms with Crippen molar-refractivity contribution >= 4 is 34.3 Å². The first kappa shape index (κ1) is 40.2. The third kappa shape index (κ3) is 13.5. The van der Waals surface area contributed by atoms with E-state index in [1.807, 2.05) is 86.0 Å². The van der Waals surface area contributed by atoms with Crippen LogP contribution in [0.3, 0.4) is 0 Å². The molecule has 0 spiro atoms. The molecule has 0 aliphatic heterocycles. The number of carbonyl (C=O) groups excluding carboxylic acids is 2. The van der Waals surface area contributed by atoms with Crippen LogP contribution in [0.15, 0.2) is 103 Å². The number of nitrogens with one attached hydrogen (secondary N) is 1. The van der Waals surface area contributed by atoms with E-state index in [0.717, 1.165) is 28.8 Å². The number of ether oxygens (including phenoxy) is 5. The fourth-order valence-electron chi connectivity index (χ4n) is 4.70. The first-order valence-electron chi connectivity index (χ1n) is 17.2. The number of hydrogen-bond donors (Lipinski definition) is 2. The van der Waals surface area contributed by atoms with E-state index in [1.165, 1.54) is 5.56 Å². The Labute approximate surface area is 302 Å². The second-order valence-electron chi connectivity index (χ2n) is 10.8. The quantitative estimate of drug-likeness (QED) is 0.0629. The minimum absolute atomic E-state index is 0. The molecule has 1 aromatic heterocycles. The largest absolute Gasteiger partial charge is 0.462 e. The number of nitrogens with two attached hydrogens (primary N) is 1. The number of anilines is 2. The predicted octanol–water partition coefficient (Wildman–Crippen LogP) is 7.94. The van der Waals surface area contributed by atoms with E-state index in [4.69, 9.17) is 29.4 Å². The third-order valence-electron chi connectivity index (χ3n) is 7.13. The number of benzene rings is 4. The molecule has 0 saturated heterocycles. The van der Waals surface area contributed by atoms with Crippen molar-refractivity contribution in [1.29, 1.82) is 0 Å². The second kappa shape index (κ2) is 22.5. The summed E-state index contributed by atoms with van der Waals surface area (Å²) in [5.74, 6) is -0.637. The van der Waals surface area contributed by atoms with E-state index < -0.39 is 6.48 Å². The molecule has 11 nitrogen and oxygen atoms in total. The molecule has 5 rings (SSSR count). The fourth-order valence-corrected chi connectivity index (χ4v) is 4.70. The Morgan fingerprint density at radius 2 is 1.24 bits per heavy atom. The summed E-state index contributed by atoms with van der Waals surface area (Å²) in [7, 11) is 0. The summed E-state index contributed by atoms with van der Waals surface area (Å²) < 4.78 is 27.3. The van der Waals surface area contributed by atoms with Gasteiger partial charge in [-0.1, -0.05) is 60.7 Å². The average Bonchev–Trinajstić information content (AvgIpc) is 3.55. The number of nitrogen functional groups attached to an aromatic ring is 1. The van der Waals surface area contributed by atoms with E-state index in [0.29, 0.717) is 56.4 Å². The van der Waals surface area contributed by atoms with Gasteiger partial charge in [0, 0.05) is 34.3 Å². The van der Waals surface area contributed by atoms with Gasteiger partial charge in [0.05, 0.1) is 53.1 Å². The second-order valence-corrected chi connectivity index (χ2v) is 10.8. The highest BCUT2D eigenvalue weighted by Crippen LogP contribution is 2.22. The van der Waals surface area contributed by atoms with Crippen LogP contribution in [0.25, 0.3) is 11.0 Å². The standard InChI is InChI=1S/C17H16N2O2.C16H18N2O2.C7H16O3.H2/c1-2-21-17(20)14-8-9-15-16(10-14)19(12-18-15)11-13-6-4-3-5-7-13;1-2-20-16(19)13-8-9-14(17)15(10-13)18-11-12-6-4-3-5-7-12;1-4-8-7(9-5-2)10-6-3;/h3-10,12H,2,11H2,1H3;3-10,18H,2,11,17H2,1H3;7H,4-6H2,1-3H3;1H/i;;;1+1. The smallest absolute Gasteiger partial charge is 0.338 e. The van der Waals surface area contributed by atoms with Gasteiger partial charge in [0.2, 0.25) is 0 Å². The Morgan fingerprint density at radius 3 is 1.78 bits per heavy atom. The molecule has 0 unspecified atom stereocenters. The lowest BCUT2D eigenvalue weighted by Gasteiger charge is -2.15. The molecule has 4 aromatic carbocycles. The van der Waals surface area contributed by atoms with Gasteiger partial charge in [-0.25, -0.2) is 14.6 Å². The van der Waals surface area contributed by atoms with Crippen molar-refractivity contribution in [1.82, 2.24) is 9.55 Å². The van der Waals surface area contributed by atoms with Crippen molar-refractivity contribution < 1.29 is 34.7 Å². The first-order chi connectivity index (χ1) is 24.8. The number of aromatic nitrogens is 2. The number of nitrogens with zero attached hydrogens (tertiary/aromatic N) is 2. The molecule has 5 aromatic rings. The summed E-state index contributed by atoms with van der Waals surface area (Å²) in [5, 5.41) is 3.23. The molecule has 1 heterocycles. The minimum Gasteiger partial charge on any atom is -0.462 e. The maximum Gasteiger partial charge on any atom is 0.338 e. The highest BCUT2D eigenvalue weighted by molar-refractivity contribution is 5.94. The highest BCUT2D eigenvalue weighted by Gasteiger charge is 2.11. The van der Waals surface area contributed by atoms with Gasteiger partial charge in [0.25, 0.3) is 6.48 Å². The maximum absolute atomic E-state index is 11.8. The van der Waals surface area contributed by atoms with E-state index in [9.17, 15) is 9.59 Å². The normalized spacial score (nSPS) is 10.5. The molecular weight excluding hydrogens is 648 g/mol. The van der Waals surface area contributed by atoms with Crippen LogP contribution in [0.4, 0.5) is 11.4 Å². The zero-order valence-electron chi connectivity index (χ0n) is 30.2. The number of rotatable bonds is 15. The Bertz CT molecular complexity index is 1740. The van der Waals surface area contributed by atoms with Gasteiger partial charge in [-0.3, -0.25) is 0 Å². The lowest BCUT2D eigenvalue weighted by Crippen LogP contribution is -2.20. The lowest BCUT2D eigenvalue weighted by atomic mass is 10.1. The van der Waals surface area contributed by atoms with Crippen molar-refractivity contribution in [2.45, 2.75) is 54.2 Å². The van der Waals surface area contributed by atoms with Crippen molar-refractivity contribution in [3.63, 3.8) is 0 Å². The maximum atomic E-state index is 11.8. The van der Waals surface area contributed by atoms with Gasteiger partial charge >= 0.3 is 11.9 Å². The zero-order valence-corrected chi connectivity index (χ0v) is 30.2. The molecular formula is C40H52N4O7. The van der Waals surface area contributed by atoms with E-state index in [2.05, 4.69) is 22.4 Å². The fraction of sp³-hybridized carbons (Fsp3) is 0.325. The monoisotopic (exact) mass is 701 g/mol. The van der Waals surface area contributed by atoms with Gasteiger partial charge in [-0.2, -0.15) is 0 Å². The molecule has 0 atom stereocenters. The summed E-state index contributed by atoms with van der Waals surface area (Å²) in [5.41, 5.74) is 12.5. The number of esters is 2. The van der Waals surface area contributed by atoms with E-state index >= 15 is 0 Å². The molecule has 0 aliphatic carbocycles. The van der Waals surface area contributed by atoms with E-state index in [1.54, 1.807) is 44.4 Å². The van der Waals surface area contributed by atoms with Gasteiger partial charge < -0.3 is 39.3 Å². The van der Waals surface area contributed by atoms with Crippen LogP contribution in [0, 0.1) is 0 Å². The highest BCUT2D eigenvalue weighted by atomic mass is 16.8. The van der Waals surface area contributed by atoms with Crippen LogP contribution in [0.5, 0.6) is 0 Å². The Hall–Kier alpha value is -5.23. The molecule has 51 heavy (non-hydrogen) atoms. The molecule has 11 heteroatoms. The Balaban J connectivity index is 0.000000285. The van der Waals surface area contributed by atoms with Crippen LogP contribution in [0.1, 0.15) is 67.9 Å². The third-order valence-corrected chi connectivity index (χ3v) is 7.13. The zero-order chi connectivity index (χ0) is 36.8. The summed E-state index contributed by atoms with van der Waals surface area (Å²) in [6.07, 6.45) is 1.80. The van der Waals surface area contributed by atoms with Crippen molar-refractivity contribution in [2.75, 3.05) is 44.1 Å². The van der Waals surface area contributed by atoms with Gasteiger partial charge in [-0.15, -0.1) is 0 Å². The number of hydrogen-bond acceptors (Lipinski definition) is 10. The molecule has 0 aliphatic rings. The topological polar surface area (TPSA) is 136 Å². The Kier molecular flexibility index (Phi) is 17.7. The number of carbonyl (C=O) groups is 2. The van der Waals surface area contributed by atoms with Gasteiger partial charge in [0.1, 0.15) is 0 Å². The van der Waals surface area contributed by atoms with Gasteiger partial charge in [0.15, 0.2) is 0 Å². The van der Waals surface area contributed by atoms with Crippen molar-refractivity contribution in [3.8, 4) is 0 Å². The van der Waals surface area contributed by atoms with Crippen molar-refractivity contribution in [2.24, 2.45) is 0 Å². The minimum atomic E-state index is -0.472. The SMILES string of the molecule is CCOC(=O)c1ccc(N)c(NCc2ccccc2)c1.CCOC(=O)c1ccc2ncn(Cc3ccccc3)c2c1.CCOC(OCC)OCC.[2HH]. The van der Waals surface area contributed by atoms with Crippen LogP contribution < -0.4 is 11.1 Å². The summed E-state index contributed by atoms with van der Waals surface area (Å²) in [6, 6.07) is 30.7. The number of fused-ring (bicyclic) bond motifs is 1. The molecule has 274 valence electrons. The van der Waals surface area contributed by atoms with Gasteiger partial charge in [-0.05, 0) is 82.1 Å². The number of imidazole rings is 1. The summed E-state index contributed by atoms with van der Waals surface area (Å²) >= 11 is 0. The molecule has 0 amide bonds. The van der Waals surface area contributed by atoms with Crippen LogP contribution >= 0.6 is 0 Å². The molecule has 0 radical (unpaired) electrons. The average molecular weight is 702 g/mol. The van der Waals surface area contributed by atoms with Crippen molar-refractivity contribution in [3.05, 3.63) is 126 Å². The van der Waals surface area contributed by atoms with Crippen LogP contribution in [-0.2, 0) is 36.8 Å². The molecule has 0 saturated carbocycles. The first-order valence-corrected chi connectivity index (χ1v) is 17.2. The predicted molar refractivity (Wildman–Crippen MR) is 203 cm³/mol. The molecule has 0 bridgehead atoms. The lowest BCUT2D eigenvalue weighted by molar-refractivity contribution is -0.282. The summed E-state index contributed by atoms with van der Waals surface area (Å²) in [4.78, 5) is 27.9. The molecule has 0 fully saturated rings. The van der Waals surface area contributed by atoms with E-state index in [-0.39, 0.29) is 13.4 Å². The molecule has 3 N–H and O–H groups in total. The van der Waals surface area contributed by atoms with Crippen LogP contribution in [0.2, 0.25) is 0 Å². The van der Waals surface area contributed by atoms with Crippen LogP contribution in [-0.4, -0.2) is 61.0 Å². The summed E-state index contributed by atoms with van der Waals surface area (Å²) in [6.45, 7) is 12.8.